The lowest BCUT2D eigenvalue weighted by Crippen LogP contribution is -2.10. The Labute approximate surface area is 114 Å². The Balaban J connectivity index is 2.49. The van der Waals surface area contributed by atoms with E-state index < -0.39 is 0 Å². The van der Waals surface area contributed by atoms with E-state index in [0.29, 0.717) is 31.4 Å². The zero-order valence-electron chi connectivity index (χ0n) is 11.8. The van der Waals surface area contributed by atoms with Crippen LogP contribution in [0.15, 0.2) is 24.3 Å². The number of nitrogens with zero attached hydrogens (tertiary/aromatic N) is 1. The van der Waals surface area contributed by atoms with E-state index in [0.717, 1.165) is 5.69 Å². The van der Waals surface area contributed by atoms with Gasteiger partial charge >= 0.3 is 5.97 Å². The highest BCUT2D eigenvalue weighted by Gasteiger charge is 2.09. The molecule has 19 heavy (non-hydrogen) atoms. The highest BCUT2D eigenvalue weighted by molar-refractivity contribution is 5.97. The molecule has 0 amide bonds. The minimum atomic E-state index is -0.239. The van der Waals surface area contributed by atoms with Crippen LogP contribution in [0.2, 0.25) is 0 Å². The number of benzene rings is 1. The van der Waals surface area contributed by atoms with Gasteiger partial charge in [-0.2, -0.15) is 0 Å². The third kappa shape index (κ3) is 5.12. The van der Waals surface area contributed by atoms with Crippen molar-refractivity contribution in [3.8, 4) is 0 Å². The third-order valence-electron chi connectivity index (χ3n) is 2.77. The van der Waals surface area contributed by atoms with Gasteiger partial charge in [-0.1, -0.05) is 12.1 Å². The highest BCUT2D eigenvalue weighted by Crippen LogP contribution is 2.15. The molecule has 0 aliphatic heterocycles. The molecule has 1 aromatic carbocycles. The maximum absolute atomic E-state index is 12.0. The number of esters is 1. The number of ketones is 1. The average molecular weight is 263 g/mol. The summed E-state index contributed by atoms with van der Waals surface area (Å²) in [4.78, 5) is 25.1. The molecule has 1 aromatic rings. The van der Waals surface area contributed by atoms with E-state index in [-0.39, 0.29) is 11.8 Å². The molecule has 0 unspecified atom stereocenters. The second-order valence-electron chi connectivity index (χ2n) is 4.53. The van der Waals surface area contributed by atoms with Crippen LogP contribution in [-0.2, 0) is 9.53 Å². The Hall–Kier alpha value is -1.84. The Bertz CT molecular complexity index is 441. The van der Waals surface area contributed by atoms with Crippen molar-refractivity contribution in [2.45, 2.75) is 26.2 Å². The van der Waals surface area contributed by atoms with Gasteiger partial charge in [-0.05, 0) is 25.5 Å². The fourth-order valence-electron chi connectivity index (χ4n) is 1.73. The number of hydrogen-bond donors (Lipinski definition) is 0. The second kappa shape index (κ2) is 7.56. The molecule has 0 atom stereocenters. The van der Waals surface area contributed by atoms with Crippen molar-refractivity contribution in [3.05, 3.63) is 29.8 Å². The fourth-order valence-corrected chi connectivity index (χ4v) is 1.73. The lowest BCUT2D eigenvalue weighted by molar-refractivity contribution is -0.143. The highest BCUT2D eigenvalue weighted by atomic mass is 16.5. The molecule has 0 spiro atoms. The first kappa shape index (κ1) is 15.2. The zero-order valence-corrected chi connectivity index (χ0v) is 11.8. The van der Waals surface area contributed by atoms with E-state index in [4.69, 9.17) is 4.74 Å². The predicted octanol–water partition coefficient (Wildman–Crippen LogP) is 2.67. The SMILES string of the molecule is CCOC(=O)CCCC(=O)c1cccc(N(C)C)c1. The minimum absolute atomic E-state index is 0.0630. The van der Waals surface area contributed by atoms with Gasteiger partial charge in [0.1, 0.15) is 0 Å². The Morgan fingerprint density at radius 2 is 1.95 bits per heavy atom. The van der Waals surface area contributed by atoms with E-state index in [2.05, 4.69) is 0 Å². The van der Waals surface area contributed by atoms with E-state index >= 15 is 0 Å². The lowest BCUT2D eigenvalue weighted by atomic mass is 10.0. The van der Waals surface area contributed by atoms with E-state index in [1.54, 1.807) is 13.0 Å². The van der Waals surface area contributed by atoms with Crippen molar-refractivity contribution in [1.29, 1.82) is 0 Å². The normalized spacial score (nSPS) is 10.1. The lowest BCUT2D eigenvalue weighted by Gasteiger charge is -2.13. The zero-order chi connectivity index (χ0) is 14.3. The smallest absolute Gasteiger partial charge is 0.305 e. The number of hydrogen-bond acceptors (Lipinski definition) is 4. The van der Waals surface area contributed by atoms with Crippen LogP contribution in [0.1, 0.15) is 36.5 Å². The number of rotatable bonds is 7. The minimum Gasteiger partial charge on any atom is -0.466 e. The van der Waals surface area contributed by atoms with E-state index in [9.17, 15) is 9.59 Å². The van der Waals surface area contributed by atoms with Crippen LogP contribution in [0.5, 0.6) is 0 Å². The van der Waals surface area contributed by atoms with Gasteiger partial charge in [-0.15, -0.1) is 0 Å². The van der Waals surface area contributed by atoms with Crippen molar-refractivity contribution in [2.24, 2.45) is 0 Å². The molecule has 0 radical (unpaired) electrons. The van der Waals surface area contributed by atoms with Crippen LogP contribution in [0.25, 0.3) is 0 Å². The van der Waals surface area contributed by atoms with Crippen molar-refractivity contribution < 1.29 is 14.3 Å². The molecule has 0 aliphatic carbocycles. The number of ether oxygens (including phenoxy) is 1. The molecule has 104 valence electrons. The van der Waals surface area contributed by atoms with Crippen LogP contribution < -0.4 is 4.90 Å². The second-order valence-corrected chi connectivity index (χ2v) is 4.53. The monoisotopic (exact) mass is 263 g/mol. The van der Waals surface area contributed by atoms with E-state index in [1.165, 1.54) is 0 Å². The molecule has 0 aromatic heterocycles. The third-order valence-corrected chi connectivity index (χ3v) is 2.77. The summed E-state index contributed by atoms with van der Waals surface area (Å²) in [7, 11) is 3.87. The van der Waals surface area contributed by atoms with Crippen LogP contribution in [0.3, 0.4) is 0 Å². The summed E-state index contributed by atoms with van der Waals surface area (Å²) in [6.07, 6.45) is 1.20. The topological polar surface area (TPSA) is 46.6 Å². The molecule has 0 saturated carbocycles. The number of carbonyl (C=O) groups excluding carboxylic acids is 2. The van der Waals surface area contributed by atoms with E-state index in [1.807, 2.05) is 37.2 Å². The summed E-state index contributed by atoms with van der Waals surface area (Å²) in [5.41, 5.74) is 1.69. The largest absolute Gasteiger partial charge is 0.466 e. The van der Waals surface area contributed by atoms with Crippen LogP contribution >= 0.6 is 0 Å². The van der Waals surface area contributed by atoms with Crippen molar-refractivity contribution in [3.63, 3.8) is 0 Å². The molecular weight excluding hydrogens is 242 g/mol. The molecule has 0 N–H and O–H groups in total. The molecule has 0 bridgehead atoms. The summed E-state index contributed by atoms with van der Waals surface area (Å²) < 4.78 is 4.82. The van der Waals surface area contributed by atoms with Crippen LogP contribution in [0, 0.1) is 0 Å². The molecule has 0 fully saturated rings. The number of Topliss-reactive ketones (excluding diaryl/α,β-unsaturated/α-hetero) is 1. The standard InChI is InChI=1S/C15H21NO3/c1-4-19-15(18)10-6-9-14(17)12-7-5-8-13(11-12)16(2)3/h5,7-8,11H,4,6,9-10H2,1-3H3. The van der Waals surface area contributed by atoms with Crippen LogP contribution in [-0.4, -0.2) is 32.5 Å². The molecular formula is C15H21NO3. The molecule has 0 aliphatic rings. The van der Waals surface area contributed by atoms with Gasteiger partial charge < -0.3 is 9.64 Å². The summed E-state index contributed by atoms with van der Waals surface area (Å²) in [5.74, 6) is -0.176. The van der Waals surface area contributed by atoms with Crippen molar-refractivity contribution >= 4 is 17.4 Å². The quantitative estimate of drug-likeness (QED) is 0.560. The molecule has 0 heterocycles. The summed E-state index contributed by atoms with van der Waals surface area (Å²) >= 11 is 0. The maximum Gasteiger partial charge on any atom is 0.305 e. The first-order valence-electron chi connectivity index (χ1n) is 6.50. The van der Waals surface area contributed by atoms with Gasteiger partial charge in [0.05, 0.1) is 6.61 Å². The first-order chi connectivity index (χ1) is 9.04. The van der Waals surface area contributed by atoms with Gasteiger partial charge in [0, 0.05) is 38.2 Å². The molecule has 0 saturated heterocycles. The molecule has 4 nitrogen and oxygen atoms in total. The van der Waals surface area contributed by atoms with Gasteiger partial charge in [0.2, 0.25) is 0 Å². The molecule has 1 rings (SSSR count). The Kier molecular flexibility index (Phi) is 6.06. The molecule has 4 heteroatoms. The summed E-state index contributed by atoms with van der Waals surface area (Å²) in [6, 6.07) is 7.50. The predicted molar refractivity (Wildman–Crippen MR) is 75.6 cm³/mol. The van der Waals surface area contributed by atoms with Crippen molar-refractivity contribution in [2.75, 3.05) is 25.6 Å². The Morgan fingerprint density at radius 1 is 1.21 bits per heavy atom. The summed E-state index contributed by atoms with van der Waals surface area (Å²) in [6.45, 7) is 2.16. The van der Waals surface area contributed by atoms with Gasteiger partial charge in [0.25, 0.3) is 0 Å². The summed E-state index contributed by atoms with van der Waals surface area (Å²) in [5, 5.41) is 0. The first-order valence-corrected chi connectivity index (χ1v) is 6.50. The average Bonchev–Trinajstić information content (AvgIpc) is 2.39. The Morgan fingerprint density at radius 3 is 2.58 bits per heavy atom. The number of anilines is 1. The van der Waals surface area contributed by atoms with Crippen molar-refractivity contribution in [1.82, 2.24) is 0 Å². The van der Waals surface area contributed by atoms with Gasteiger partial charge in [-0.3, -0.25) is 9.59 Å². The fraction of sp³-hybridized carbons (Fsp3) is 0.467. The van der Waals surface area contributed by atoms with Gasteiger partial charge in [-0.25, -0.2) is 0 Å². The van der Waals surface area contributed by atoms with Crippen LogP contribution in [0.4, 0.5) is 5.69 Å². The van der Waals surface area contributed by atoms with Gasteiger partial charge in [0.15, 0.2) is 5.78 Å². The number of carbonyl (C=O) groups is 2. The maximum atomic E-state index is 12.0.